The van der Waals surface area contributed by atoms with Crippen LogP contribution in [0.2, 0.25) is 5.02 Å². The lowest BCUT2D eigenvalue weighted by molar-refractivity contribution is 0.396. The van der Waals surface area contributed by atoms with Gasteiger partial charge in [-0.2, -0.15) is 4.08 Å². The lowest BCUT2D eigenvalue weighted by atomic mass is 10.3. The fourth-order valence-electron chi connectivity index (χ4n) is 0.600. The van der Waals surface area contributed by atoms with Gasteiger partial charge in [0.15, 0.2) is 0 Å². The van der Waals surface area contributed by atoms with Crippen LogP contribution >= 0.6 is 32.1 Å². The van der Waals surface area contributed by atoms with Crippen molar-refractivity contribution < 1.29 is 13.5 Å². The maximum atomic E-state index is 8.84. The highest BCUT2D eigenvalue weighted by Gasteiger charge is 2.06. The summed E-state index contributed by atoms with van der Waals surface area (Å²) in [6, 6.07) is 6.47. The maximum absolute atomic E-state index is 8.84. The van der Waals surface area contributed by atoms with E-state index in [0.29, 0.717) is 10.8 Å². The van der Waals surface area contributed by atoms with E-state index in [1.165, 1.54) is 0 Å². The van der Waals surface area contributed by atoms with Gasteiger partial charge < -0.3 is 9.42 Å². The molecule has 0 aliphatic carbocycles. The summed E-state index contributed by atoms with van der Waals surface area (Å²) in [6.45, 7) is 0. The van der Waals surface area contributed by atoms with Crippen LogP contribution in [-0.4, -0.2) is 4.89 Å². The minimum Gasteiger partial charge on any atom is -0.426 e. The van der Waals surface area contributed by atoms with Gasteiger partial charge in [0.2, 0.25) is 0 Å². The largest absolute Gasteiger partial charge is 0.426 e. The third-order valence-electron chi connectivity index (χ3n) is 1.06. The first-order chi connectivity index (χ1) is 5.72. The Balaban J connectivity index is 2.58. The summed E-state index contributed by atoms with van der Waals surface area (Å²) in [5.41, 5.74) is 0. The van der Waals surface area contributed by atoms with Gasteiger partial charge in [0, 0.05) is 5.02 Å². The molecule has 66 valence electrons. The van der Waals surface area contributed by atoms with Gasteiger partial charge in [0.05, 0.1) is 11.9 Å². The third kappa shape index (κ3) is 3.13. The third-order valence-corrected chi connectivity index (χ3v) is 2.15. The molecule has 1 unspecified atom stereocenters. The van der Waals surface area contributed by atoms with Gasteiger partial charge in [-0.25, -0.2) is 0 Å². The average Bonchev–Trinajstić information content (AvgIpc) is 2.09. The molecule has 0 spiro atoms. The van der Waals surface area contributed by atoms with Crippen LogP contribution in [0.4, 0.5) is 0 Å². The van der Waals surface area contributed by atoms with E-state index in [4.69, 9.17) is 32.9 Å². The van der Waals surface area contributed by atoms with E-state index < -0.39 is 8.60 Å². The monoisotopic (exact) mass is 226 g/mol. The zero-order chi connectivity index (χ0) is 8.97. The second-order valence-electron chi connectivity index (χ2n) is 1.85. The predicted octanol–water partition coefficient (Wildman–Crippen LogP) is 3.11. The highest BCUT2D eigenvalue weighted by atomic mass is 35.5. The topological polar surface area (TPSA) is 38.7 Å². The van der Waals surface area contributed by atoms with E-state index in [-0.39, 0.29) is 0 Å². The predicted molar refractivity (Wildman–Crippen MR) is 48.2 cm³/mol. The SMILES string of the molecule is OP(OCl)Oc1ccc(Cl)cc1. The number of hydrogen-bond acceptors (Lipinski definition) is 3. The van der Waals surface area contributed by atoms with Crippen LogP contribution in [0.1, 0.15) is 0 Å². The fraction of sp³-hybridized carbons (Fsp3) is 0. The molecule has 3 nitrogen and oxygen atoms in total. The van der Waals surface area contributed by atoms with E-state index in [1.54, 1.807) is 24.3 Å². The van der Waals surface area contributed by atoms with Crippen LogP contribution in [-0.2, 0) is 4.08 Å². The normalized spacial score (nSPS) is 12.6. The molecule has 0 aliphatic rings. The summed E-state index contributed by atoms with van der Waals surface area (Å²) in [7, 11) is -2.04. The van der Waals surface area contributed by atoms with Crippen LogP contribution in [0.15, 0.2) is 24.3 Å². The lowest BCUT2D eigenvalue weighted by Crippen LogP contribution is -1.84. The molecule has 0 amide bonds. The standard InChI is InChI=1S/C6H5Cl2O3P/c7-5-1-3-6(4-2-5)10-12(9)11-8/h1-4,9H. The molecule has 1 atom stereocenters. The maximum Gasteiger partial charge on any atom is 0.412 e. The van der Waals surface area contributed by atoms with Crippen LogP contribution in [0, 0.1) is 0 Å². The van der Waals surface area contributed by atoms with Crippen LogP contribution < -0.4 is 4.52 Å². The van der Waals surface area contributed by atoms with Crippen molar-refractivity contribution >= 4 is 32.1 Å². The zero-order valence-electron chi connectivity index (χ0n) is 5.78. The molecule has 0 fully saturated rings. The molecule has 1 rings (SSSR count). The summed E-state index contributed by atoms with van der Waals surface area (Å²) < 4.78 is 8.85. The Hall–Kier alpha value is -0.0500. The summed E-state index contributed by atoms with van der Waals surface area (Å²) >= 11 is 10.5. The highest BCUT2D eigenvalue weighted by molar-refractivity contribution is 7.42. The summed E-state index contributed by atoms with van der Waals surface area (Å²) in [4.78, 5) is 8.84. The van der Waals surface area contributed by atoms with Gasteiger partial charge in [-0.1, -0.05) is 11.6 Å². The van der Waals surface area contributed by atoms with Gasteiger partial charge in [0.1, 0.15) is 5.75 Å². The molecule has 1 aromatic rings. The number of halogens is 2. The van der Waals surface area contributed by atoms with Crippen molar-refractivity contribution in [1.82, 2.24) is 0 Å². The van der Waals surface area contributed by atoms with Gasteiger partial charge in [-0.15, -0.1) is 0 Å². The molecule has 0 aromatic heterocycles. The first kappa shape index (κ1) is 10.0. The lowest BCUT2D eigenvalue weighted by Gasteiger charge is -2.06. The Morgan fingerprint density at radius 3 is 2.33 bits per heavy atom. The summed E-state index contributed by atoms with van der Waals surface area (Å²) in [6.07, 6.45) is 0. The van der Waals surface area contributed by atoms with Gasteiger partial charge in [-0.3, -0.25) is 0 Å². The van der Waals surface area contributed by atoms with Crippen LogP contribution in [0.25, 0.3) is 0 Å². The highest BCUT2D eigenvalue weighted by Crippen LogP contribution is 2.36. The number of hydrogen-bond donors (Lipinski definition) is 1. The Bertz CT molecular complexity index is 241. The van der Waals surface area contributed by atoms with E-state index in [1.807, 2.05) is 0 Å². The molecular weight excluding hydrogens is 222 g/mol. The molecular formula is C6H5Cl2O3P. The Morgan fingerprint density at radius 1 is 1.25 bits per heavy atom. The molecule has 0 heterocycles. The van der Waals surface area contributed by atoms with Crippen molar-refractivity contribution in [2.24, 2.45) is 0 Å². The molecule has 0 saturated carbocycles. The van der Waals surface area contributed by atoms with Crippen molar-refractivity contribution in [1.29, 1.82) is 0 Å². The van der Waals surface area contributed by atoms with E-state index >= 15 is 0 Å². The average molecular weight is 227 g/mol. The van der Waals surface area contributed by atoms with Gasteiger partial charge in [0.25, 0.3) is 0 Å². The van der Waals surface area contributed by atoms with E-state index in [0.717, 1.165) is 0 Å². The molecule has 1 N–H and O–H groups in total. The molecule has 12 heavy (non-hydrogen) atoms. The van der Waals surface area contributed by atoms with Gasteiger partial charge in [-0.05, 0) is 24.3 Å². The van der Waals surface area contributed by atoms with Crippen molar-refractivity contribution in [2.75, 3.05) is 0 Å². The fourth-order valence-corrected chi connectivity index (χ4v) is 1.14. The van der Waals surface area contributed by atoms with E-state index in [9.17, 15) is 0 Å². The quantitative estimate of drug-likeness (QED) is 0.806. The summed E-state index contributed by atoms with van der Waals surface area (Å²) in [5, 5.41) is 0.594. The first-order valence-corrected chi connectivity index (χ1v) is 4.75. The first-order valence-electron chi connectivity index (χ1n) is 2.93. The second kappa shape index (κ2) is 4.85. The van der Waals surface area contributed by atoms with E-state index in [2.05, 4.69) is 4.08 Å². The molecule has 0 aliphatic heterocycles. The van der Waals surface area contributed by atoms with Crippen LogP contribution in [0.3, 0.4) is 0 Å². The Morgan fingerprint density at radius 2 is 1.83 bits per heavy atom. The molecule has 6 heteroatoms. The van der Waals surface area contributed by atoms with Crippen molar-refractivity contribution in [3.63, 3.8) is 0 Å². The minimum absolute atomic E-state index is 0.452. The van der Waals surface area contributed by atoms with Crippen molar-refractivity contribution in [2.45, 2.75) is 0 Å². The molecule has 0 radical (unpaired) electrons. The Labute approximate surface area is 81.0 Å². The van der Waals surface area contributed by atoms with Gasteiger partial charge >= 0.3 is 8.60 Å². The smallest absolute Gasteiger partial charge is 0.412 e. The minimum atomic E-state index is -2.04. The van der Waals surface area contributed by atoms with Crippen molar-refractivity contribution in [3.05, 3.63) is 29.3 Å². The second-order valence-corrected chi connectivity index (χ2v) is 3.50. The van der Waals surface area contributed by atoms with Crippen LogP contribution in [0.5, 0.6) is 5.75 Å². The Kier molecular flexibility index (Phi) is 4.06. The number of benzene rings is 1. The zero-order valence-corrected chi connectivity index (χ0v) is 8.18. The number of rotatable bonds is 3. The molecule has 1 aromatic carbocycles. The summed E-state index contributed by atoms with van der Waals surface area (Å²) in [5.74, 6) is 0.452. The van der Waals surface area contributed by atoms with Crippen molar-refractivity contribution in [3.8, 4) is 5.75 Å². The molecule has 0 bridgehead atoms. The molecule has 0 saturated heterocycles.